The van der Waals surface area contributed by atoms with E-state index in [1.54, 1.807) is 0 Å². The Kier molecular flexibility index (Phi) is 3.33. The van der Waals surface area contributed by atoms with Gasteiger partial charge >= 0.3 is 0 Å². The van der Waals surface area contributed by atoms with Crippen molar-refractivity contribution in [3.05, 3.63) is 0 Å². The molecule has 2 unspecified atom stereocenters. The molecule has 2 fully saturated rings. The second kappa shape index (κ2) is 4.40. The number of nitrogens with zero attached hydrogens (tertiary/aromatic N) is 1. The van der Waals surface area contributed by atoms with Crippen LogP contribution in [0.5, 0.6) is 0 Å². The summed E-state index contributed by atoms with van der Waals surface area (Å²) in [7, 11) is 0. The Morgan fingerprint density at radius 3 is 2.47 bits per heavy atom. The molecule has 2 aliphatic rings. The van der Waals surface area contributed by atoms with Gasteiger partial charge in [-0.05, 0) is 39.4 Å². The van der Waals surface area contributed by atoms with E-state index in [0.29, 0.717) is 6.10 Å². The lowest BCUT2D eigenvalue weighted by atomic mass is 9.58. The molecule has 0 radical (unpaired) electrons. The maximum atomic E-state index is 9.98. The monoisotopic (exact) mass is 213 g/mol. The van der Waals surface area contributed by atoms with Gasteiger partial charge in [-0.3, -0.25) is 0 Å². The largest absolute Gasteiger partial charge is 0.392 e. The van der Waals surface area contributed by atoms with E-state index < -0.39 is 0 Å². The van der Waals surface area contributed by atoms with Crippen LogP contribution in [-0.4, -0.2) is 48.5 Å². The lowest BCUT2D eigenvalue weighted by molar-refractivity contribution is -0.209. The topological polar surface area (TPSA) is 32.7 Å². The van der Waals surface area contributed by atoms with Crippen molar-refractivity contribution in [3.8, 4) is 0 Å². The van der Waals surface area contributed by atoms with Crippen molar-refractivity contribution in [1.29, 1.82) is 0 Å². The molecule has 1 N–H and O–H groups in total. The van der Waals surface area contributed by atoms with Gasteiger partial charge in [0.05, 0.1) is 12.2 Å². The van der Waals surface area contributed by atoms with Gasteiger partial charge in [0.1, 0.15) is 0 Å². The molecule has 88 valence electrons. The summed E-state index contributed by atoms with van der Waals surface area (Å²) in [5, 5.41) is 9.98. The molecule has 3 heteroatoms. The molecule has 1 heterocycles. The Bertz CT molecular complexity index is 210. The standard InChI is InChI=1S/C12H23NO2/c1-3-13-7-5-12(6-8-13)10(14)9-11(12)15-4-2/h10-11,14H,3-9H2,1-2H3. The summed E-state index contributed by atoms with van der Waals surface area (Å²) in [6.45, 7) is 8.39. The zero-order valence-corrected chi connectivity index (χ0v) is 9.91. The molecule has 15 heavy (non-hydrogen) atoms. The molecule has 3 nitrogen and oxygen atoms in total. The Morgan fingerprint density at radius 2 is 2.00 bits per heavy atom. The molecule has 1 aliphatic carbocycles. The first-order valence-corrected chi connectivity index (χ1v) is 6.25. The lowest BCUT2D eigenvalue weighted by Crippen LogP contribution is -2.62. The van der Waals surface area contributed by atoms with E-state index in [0.717, 1.165) is 45.5 Å². The van der Waals surface area contributed by atoms with Crippen LogP contribution >= 0.6 is 0 Å². The van der Waals surface area contributed by atoms with Gasteiger partial charge in [-0.25, -0.2) is 0 Å². The van der Waals surface area contributed by atoms with Crippen LogP contribution in [0.1, 0.15) is 33.1 Å². The van der Waals surface area contributed by atoms with Crippen LogP contribution in [0.25, 0.3) is 0 Å². The molecule has 0 bridgehead atoms. The molecule has 1 spiro atoms. The maximum absolute atomic E-state index is 9.98. The van der Waals surface area contributed by atoms with Crippen molar-refractivity contribution >= 4 is 0 Å². The predicted octanol–water partition coefficient (Wildman–Crippen LogP) is 1.26. The summed E-state index contributed by atoms with van der Waals surface area (Å²) in [5.41, 5.74) is 0.0989. The van der Waals surface area contributed by atoms with E-state index in [1.165, 1.54) is 0 Å². The van der Waals surface area contributed by atoms with Gasteiger partial charge in [0, 0.05) is 18.4 Å². The fraction of sp³-hybridized carbons (Fsp3) is 1.00. The van der Waals surface area contributed by atoms with Gasteiger partial charge < -0.3 is 14.7 Å². The van der Waals surface area contributed by atoms with Gasteiger partial charge in [-0.2, -0.15) is 0 Å². The average molecular weight is 213 g/mol. The van der Waals surface area contributed by atoms with Crippen molar-refractivity contribution in [1.82, 2.24) is 4.90 Å². The third kappa shape index (κ3) is 1.81. The summed E-state index contributed by atoms with van der Waals surface area (Å²) >= 11 is 0. The fourth-order valence-electron chi connectivity index (χ4n) is 3.10. The second-order valence-corrected chi connectivity index (χ2v) is 4.86. The van der Waals surface area contributed by atoms with E-state index >= 15 is 0 Å². The van der Waals surface area contributed by atoms with E-state index in [1.807, 2.05) is 6.92 Å². The molecular formula is C12H23NO2. The highest BCUT2D eigenvalue weighted by Gasteiger charge is 2.55. The first kappa shape index (κ1) is 11.4. The van der Waals surface area contributed by atoms with Crippen LogP contribution in [0.2, 0.25) is 0 Å². The lowest BCUT2D eigenvalue weighted by Gasteiger charge is -2.56. The Morgan fingerprint density at radius 1 is 1.33 bits per heavy atom. The van der Waals surface area contributed by atoms with Crippen molar-refractivity contribution < 1.29 is 9.84 Å². The van der Waals surface area contributed by atoms with Crippen LogP contribution in [0.3, 0.4) is 0 Å². The minimum atomic E-state index is -0.118. The predicted molar refractivity (Wildman–Crippen MR) is 59.8 cm³/mol. The number of hydrogen-bond donors (Lipinski definition) is 1. The highest BCUT2D eigenvalue weighted by molar-refractivity contribution is 5.06. The van der Waals surface area contributed by atoms with Gasteiger partial charge in [-0.15, -0.1) is 0 Å². The maximum Gasteiger partial charge on any atom is 0.0681 e. The summed E-state index contributed by atoms with van der Waals surface area (Å²) in [6, 6.07) is 0. The van der Waals surface area contributed by atoms with Crippen LogP contribution < -0.4 is 0 Å². The molecule has 1 saturated heterocycles. The summed E-state index contributed by atoms with van der Waals surface area (Å²) in [6.07, 6.45) is 3.25. The molecule has 0 amide bonds. The normalized spacial score (nSPS) is 35.4. The molecule has 2 atom stereocenters. The molecule has 0 aromatic heterocycles. The molecule has 0 aromatic rings. The van der Waals surface area contributed by atoms with Crippen LogP contribution in [-0.2, 0) is 4.74 Å². The number of aliphatic hydroxyl groups is 1. The summed E-state index contributed by atoms with van der Waals surface area (Å²) in [4.78, 5) is 2.46. The van der Waals surface area contributed by atoms with Gasteiger partial charge in [0.2, 0.25) is 0 Å². The summed E-state index contributed by atoms with van der Waals surface area (Å²) in [5.74, 6) is 0. The molecule has 2 rings (SSSR count). The van der Waals surface area contributed by atoms with Crippen LogP contribution in [0.15, 0.2) is 0 Å². The molecule has 1 saturated carbocycles. The van der Waals surface area contributed by atoms with E-state index in [4.69, 9.17) is 4.74 Å². The number of rotatable bonds is 3. The fourth-order valence-corrected chi connectivity index (χ4v) is 3.10. The highest BCUT2D eigenvalue weighted by Crippen LogP contribution is 2.50. The smallest absolute Gasteiger partial charge is 0.0681 e. The van der Waals surface area contributed by atoms with Gasteiger partial charge in [0.15, 0.2) is 0 Å². The quantitative estimate of drug-likeness (QED) is 0.766. The average Bonchev–Trinajstić information content (AvgIpc) is 2.29. The van der Waals surface area contributed by atoms with Crippen LogP contribution in [0.4, 0.5) is 0 Å². The van der Waals surface area contributed by atoms with Crippen molar-refractivity contribution in [2.24, 2.45) is 5.41 Å². The highest BCUT2D eigenvalue weighted by atomic mass is 16.5. The van der Waals surface area contributed by atoms with Crippen molar-refractivity contribution in [3.63, 3.8) is 0 Å². The Hall–Kier alpha value is -0.120. The number of likely N-dealkylation sites (tertiary alicyclic amines) is 1. The number of aliphatic hydroxyl groups excluding tert-OH is 1. The van der Waals surface area contributed by atoms with E-state index in [9.17, 15) is 5.11 Å². The van der Waals surface area contributed by atoms with Crippen molar-refractivity contribution in [2.45, 2.75) is 45.3 Å². The Labute approximate surface area is 92.4 Å². The SMILES string of the molecule is CCOC1CC(O)C12CCN(CC)CC2. The zero-order valence-electron chi connectivity index (χ0n) is 9.91. The zero-order chi connectivity index (χ0) is 10.9. The minimum absolute atomic E-state index is 0.0989. The first-order valence-electron chi connectivity index (χ1n) is 6.25. The van der Waals surface area contributed by atoms with Crippen LogP contribution in [0, 0.1) is 5.41 Å². The number of piperidine rings is 1. The summed E-state index contributed by atoms with van der Waals surface area (Å²) < 4.78 is 5.73. The third-order valence-electron chi connectivity index (χ3n) is 4.34. The third-order valence-corrected chi connectivity index (χ3v) is 4.34. The van der Waals surface area contributed by atoms with Gasteiger partial charge in [-0.1, -0.05) is 6.92 Å². The molecular weight excluding hydrogens is 190 g/mol. The van der Waals surface area contributed by atoms with E-state index in [2.05, 4.69) is 11.8 Å². The minimum Gasteiger partial charge on any atom is -0.392 e. The van der Waals surface area contributed by atoms with E-state index in [-0.39, 0.29) is 11.5 Å². The second-order valence-electron chi connectivity index (χ2n) is 4.86. The Balaban J connectivity index is 1.94. The first-order chi connectivity index (χ1) is 7.23. The molecule has 1 aliphatic heterocycles. The molecule has 0 aromatic carbocycles. The number of hydrogen-bond acceptors (Lipinski definition) is 3. The number of ether oxygens (including phenoxy) is 1. The van der Waals surface area contributed by atoms with Crippen molar-refractivity contribution in [2.75, 3.05) is 26.2 Å². The van der Waals surface area contributed by atoms with Gasteiger partial charge in [0.25, 0.3) is 0 Å².